The first-order chi connectivity index (χ1) is 7.06. The van der Waals surface area contributed by atoms with Crippen molar-refractivity contribution in [3.05, 3.63) is 34.1 Å². The second-order valence-corrected chi connectivity index (χ2v) is 3.93. The second kappa shape index (κ2) is 5.23. The summed E-state index contributed by atoms with van der Waals surface area (Å²) in [7, 11) is 1.55. The molecular formula is C10H11BrFNO2. The number of carbonyl (C=O) groups is 1. The summed E-state index contributed by atoms with van der Waals surface area (Å²) in [6, 6.07) is 4.18. The minimum absolute atomic E-state index is 0.110. The van der Waals surface area contributed by atoms with Crippen molar-refractivity contribution in [2.75, 3.05) is 20.2 Å². The molecule has 0 spiro atoms. The molecular weight excluding hydrogens is 265 g/mol. The lowest BCUT2D eigenvalue weighted by molar-refractivity contribution is 0.0766. The summed E-state index contributed by atoms with van der Waals surface area (Å²) < 4.78 is 13.4. The molecule has 0 saturated heterocycles. The molecule has 1 rings (SSSR count). The number of aliphatic hydroxyl groups is 1. The number of rotatable bonds is 3. The van der Waals surface area contributed by atoms with E-state index in [0.29, 0.717) is 4.47 Å². The van der Waals surface area contributed by atoms with Gasteiger partial charge in [-0.3, -0.25) is 4.79 Å². The third kappa shape index (κ3) is 3.00. The molecule has 0 heterocycles. The van der Waals surface area contributed by atoms with E-state index in [1.807, 2.05) is 0 Å². The van der Waals surface area contributed by atoms with Crippen molar-refractivity contribution in [2.45, 2.75) is 0 Å². The van der Waals surface area contributed by atoms with Gasteiger partial charge >= 0.3 is 0 Å². The van der Waals surface area contributed by atoms with Crippen LogP contribution >= 0.6 is 15.9 Å². The SMILES string of the molecule is CN(CCO)C(=O)c1ccc(Br)c(F)c1. The number of hydrogen-bond donors (Lipinski definition) is 1. The van der Waals surface area contributed by atoms with Crippen LogP contribution in [0.5, 0.6) is 0 Å². The number of halogens is 2. The van der Waals surface area contributed by atoms with Gasteiger partial charge in [0.05, 0.1) is 11.1 Å². The summed E-state index contributed by atoms with van der Waals surface area (Å²) in [6.45, 7) is 0.123. The number of aliphatic hydroxyl groups excluding tert-OH is 1. The first-order valence-corrected chi connectivity index (χ1v) is 5.17. The normalized spacial score (nSPS) is 10.1. The van der Waals surface area contributed by atoms with Crippen molar-refractivity contribution in [2.24, 2.45) is 0 Å². The monoisotopic (exact) mass is 275 g/mol. The van der Waals surface area contributed by atoms with Gasteiger partial charge in [-0.2, -0.15) is 0 Å². The van der Waals surface area contributed by atoms with Gasteiger partial charge in [-0.15, -0.1) is 0 Å². The number of hydrogen-bond acceptors (Lipinski definition) is 2. The first-order valence-electron chi connectivity index (χ1n) is 4.37. The van der Waals surface area contributed by atoms with Crippen LogP contribution in [-0.4, -0.2) is 36.1 Å². The summed E-state index contributed by atoms with van der Waals surface area (Å²) in [5.41, 5.74) is 0.270. The summed E-state index contributed by atoms with van der Waals surface area (Å²) in [5, 5.41) is 8.66. The maximum Gasteiger partial charge on any atom is 0.253 e. The third-order valence-corrected chi connectivity index (χ3v) is 2.59. The van der Waals surface area contributed by atoms with Crippen LogP contribution in [0.4, 0.5) is 4.39 Å². The van der Waals surface area contributed by atoms with Gasteiger partial charge in [-0.25, -0.2) is 4.39 Å². The Morgan fingerprint density at radius 2 is 2.27 bits per heavy atom. The molecule has 0 radical (unpaired) electrons. The molecule has 0 unspecified atom stereocenters. The number of nitrogens with zero attached hydrogens (tertiary/aromatic N) is 1. The van der Waals surface area contributed by atoms with Gasteiger partial charge in [0.2, 0.25) is 0 Å². The zero-order valence-corrected chi connectivity index (χ0v) is 9.79. The van der Waals surface area contributed by atoms with Crippen molar-refractivity contribution in [3.63, 3.8) is 0 Å². The molecule has 0 bridgehead atoms. The van der Waals surface area contributed by atoms with Gasteiger partial charge in [-0.1, -0.05) is 0 Å². The largest absolute Gasteiger partial charge is 0.395 e. The Kier molecular flexibility index (Phi) is 4.23. The third-order valence-electron chi connectivity index (χ3n) is 1.95. The van der Waals surface area contributed by atoms with Crippen molar-refractivity contribution in [1.29, 1.82) is 0 Å². The van der Waals surface area contributed by atoms with Crippen molar-refractivity contribution < 1.29 is 14.3 Å². The topological polar surface area (TPSA) is 40.5 Å². The molecule has 0 saturated carbocycles. The van der Waals surface area contributed by atoms with Gasteiger partial charge in [0.15, 0.2) is 0 Å². The molecule has 0 aromatic heterocycles. The zero-order valence-electron chi connectivity index (χ0n) is 8.20. The van der Waals surface area contributed by atoms with E-state index in [1.54, 1.807) is 7.05 Å². The van der Waals surface area contributed by atoms with Crippen LogP contribution in [0.25, 0.3) is 0 Å². The predicted octanol–water partition coefficient (Wildman–Crippen LogP) is 1.65. The highest BCUT2D eigenvalue weighted by Crippen LogP contribution is 2.17. The Bertz CT molecular complexity index is 370. The Hall–Kier alpha value is -0.940. The van der Waals surface area contributed by atoms with Crippen LogP contribution in [-0.2, 0) is 0 Å². The summed E-state index contributed by atoms with van der Waals surface area (Å²) in [6.07, 6.45) is 0. The van der Waals surface area contributed by atoms with Gasteiger partial charge < -0.3 is 10.0 Å². The van der Waals surface area contributed by atoms with Crippen LogP contribution in [0.1, 0.15) is 10.4 Å². The van der Waals surface area contributed by atoms with E-state index in [-0.39, 0.29) is 24.6 Å². The molecule has 1 aromatic rings. The highest BCUT2D eigenvalue weighted by molar-refractivity contribution is 9.10. The molecule has 15 heavy (non-hydrogen) atoms. The summed E-state index contributed by atoms with van der Waals surface area (Å²) >= 11 is 3.01. The van der Waals surface area contributed by atoms with Gasteiger partial charge in [0.25, 0.3) is 5.91 Å². The van der Waals surface area contributed by atoms with E-state index < -0.39 is 5.82 Å². The van der Waals surface area contributed by atoms with Gasteiger partial charge in [0, 0.05) is 19.2 Å². The molecule has 1 amide bonds. The van der Waals surface area contributed by atoms with E-state index in [2.05, 4.69) is 15.9 Å². The van der Waals surface area contributed by atoms with E-state index >= 15 is 0 Å². The molecule has 0 aliphatic heterocycles. The van der Waals surface area contributed by atoms with Crippen LogP contribution in [0.3, 0.4) is 0 Å². The first kappa shape index (κ1) is 12.1. The molecule has 1 aromatic carbocycles. The van der Waals surface area contributed by atoms with Crippen molar-refractivity contribution in [3.8, 4) is 0 Å². The predicted molar refractivity (Wildman–Crippen MR) is 58.1 cm³/mol. The smallest absolute Gasteiger partial charge is 0.253 e. The fraction of sp³-hybridized carbons (Fsp3) is 0.300. The lowest BCUT2D eigenvalue weighted by Gasteiger charge is -2.15. The van der Waals surface area contributed by atoms with E-state index in [9.17, 15) is 9.18 Å². The highest BCUT2D eigenvalue weighted by atomic mass is 79.9. The summed E-state index contributed by atoms with van der Waals surface area (Å²) in [5.74, 6) is -0.784. The van der Waals surface area contributed by atoms with Crippen molar-refractivity contribution >= 4 is 21.8 Å². The number of likely N-dealkylation sites (N-methyl/N-ethyl adjacent to an activating group) is 1. The lowest BCUT2D eigenvalue weighted by Crippen LogP contribution is -2.29. The average Bonchev–Trinajstić information content (AvgIpc) is 2.21. The fourth-order valence-corrected chi connectivity index (χ4v) is 1.35. The van der Waals surface area contributed by atoms with E-state index in [1.165, 1.54) is 23.1 Å². The highest BCUT2D eigenvalue weighted by Gasteiger charge is 2.12. The lowest BCUT2D eigenvalue weighted by atomic mass is 10.2. The number of carbonyl (C=O) groups excluding carboxylic acids is 1. The maximum atomic E-state index is 13.1. The van der Waals surface area contributed by atoms with Crippen LogP contribution in [0.2, 0.25) is 0 Å². The Morgan fingerprint density at radius 1 is 1.60 bits per heavy atom. The Balaban J connectivity index is 2.87. The summed E-state index contributed by atoms with van der Waals surface area (Å²) in [4.78, 5) is 13.0. The average molecular weight is 276 g/mol. The van der Waals surface area contributed by atoms with E-state index in [0.717, 1.165) is 0 Å². The molecule has 3 nitrogen and oxygen atoms in total. The van der Waals surface area contributed by atoms with Gasteiger partial charge in [-0.05, 0) is 34.1 Å². The molecule has 82 valence electrons. The van der Waals surface area contributed by atoms with Crippen LogP contribution in [0.15, 0.2) is 22.7 Å². The molecule has 0 aliphatic rings. The minimum Gasteiger partial charge on any atom is -0.395 e. The quantitative estimate of drug-likeness (QED) is 0.912. The maximum absolute atomic E-state index is 13.1. The minimum atomic E-state index is -0.474. The van der Waals surface area contributed by atoms with E-state index in [4.69, 9.17) is 5.11 Å². The Labute approximate surface area is 95.6 Å². The molecule has 0 aliphatic carbocycles. The zero-order chi connectivity index (χ0) is 11.4. The fourth-order valence-electron chi connectivity index (χ4n) is 1.10. The van der Waals surface area contributed by atoms with Crippen LogP contribution < -0.4 is 0 Å². The second-order valence-electron chi connectivity index (χ2n) is 3.08. The standard InChI is InChI=1S/C10H11BrFNO2/c1-13(4-5-14)10(15)7-2-3-8(11)9(12)6-7/h2-3,6,14H,4-5H2,1H3. The molecule has 5 heteroatoms. The van der Waals surface area contributed by atoms with Crippen molar-refractivity contribution in [1.82, 2.24) is 4.90 Å². The van der Waals surface area contributed by atoms with Gasteiger partial charge in [0.1, 0.15) is 5.82 Å². The molecule has 0 atom stereocenters. The number of benzene rings is 1. The molecule has 0 fully saturated rings. The molecule has 1 N–H and O–H groups in total. The number of amides is 1. The van der Waals surface area contributed by atoms with Crippen LogP contribution in [0, 0.1) is 5.82 Å². The Morgan fingerprint density at radius 3 is 2.80 bits per heavy atom.